The van der Waals surface area contributed by atoms with Gasteiger partial charge < -0.3 is 14.2 Å². The van der Waals surface area contributed by atoms with Gasteiger partial charge in [0.25, 0.3) is 5.91 Å². The molecule has 1 aliphatic heterocycles. The van der Waals surface area contributed by atoms with Crippen molar-refractivity contribution in [3.63, 3.8) is 0 Å². The summed E-state index contributed by atoms with van der Waals surface area (Å²) in [6.07, 6.45) is 5.50. The van der Waals surface area contributed by atoms with Crippen LogP contribution in [0, 0.1) is 5.92 Å². The van der Waals surface area contributed by atoms with Crippen LogP contribution in [0.3, 0.4) is 0 Å². The first-order chi connectivity index (χ1) is 10.8. The highest BCUT2D eigenvalue weighted by atomic mass is 32.1. The lowest BCUT2D eigenvalue weighted by Crippen LogP contribution is -2.35. The molecule has 1 unspecified atom stereocenters. The summed E-state index contributed by atoms with van der Waals surface area (Å²) in [5, 5.41) is 3.82. The molecule has 0 saturated heterocycles. The number of carbonyl (C=O) groups excluding carboxylic acids is 1. The Labute approximate surface area is 133 Å². The molecule has 5 nitrogen and oxygen atoms in total. The molecule has 116 valence electrons. The Morgan fingerprint density at radius 3 is 3.23 bits per heavy atom. The van der Waals surface area contributed by atoms with Crippen LogP contribution in [0.4, 0.5) is 0 Å². The number of aromatic nitrogens is 2. The molecule has 0 saturated carbocycles. The summed E-state index contributed by atoms with van der Waals surface area (Å²) in [5.41, 5.74) is 0.746. The number of ether oxygens (including phenoxy) is 1. The number of nitrogens with zero attached hydrogens (tertiary/aromatic N) is 3. The van der Waals surface area contributed by atoms with E-state index in [0.29, 0.717) is 26.3 Å². The lowest BCUT2D eigenvalue weighted by molar-refractivity contribution is 0.0638. The van der Waals surface area contributed by atoms with Gasteiger partial charge in [0.05, 0.1) is 25.3 Å². The molecule has 0 N–H and O–H groups in total. The van der Waals surface area contributed by atoms with Crippen molar-refractivity contribution in [1.29, 1.82) is 0 Å². The number of carbonyl (C=O) groups is 1. The molecule has 22 heavy (non-hydrogen) atoms. The highest BCUT2D eigenvalue weighted by molar-refractivity contribution is 7.08. The highest BCUT2D eigenvalue weighted by Gasteiger charge is 2.26. The number of hydrogen-bond donors (Lipinski definition) is 0. The Balaban J connectivity index is 1.77. The molecule has 0 radical (unpaired) electrons. The number of imidazole rings is 1. The first kappa shape index (κ1) is 15.0. The molecule has 1 amide bonds. The molecule has 6 heteroatoms. The van der Waals surface area contributed by atoms with E-state index in [4.69, 9.17) is 4.74 Å². The molecular weight excluding hydrogens is 298 g/mol. The van der Waals surface area contributed by atoms with Crippen LogP contribution in [0.5, 0.6) is 0 Å². The van der Waals surface area contributed by atoms with Crippen LogP contribution in [0.2, 0.25) is 0 Å². The van der Waals surface area contributed by atoms with E-state index in [1.165, 1.54) is 11.3 Å². The summed E-state index contributed by atoms with van der Waals surface area (Å²) < 4.78 is 7.71. The van der Waals surface area contributed by atoms with E-state index in [-0.39, 0.29) is 11.8 Å². The van der Waals surface area contributed by atoms with Gasteiger partial charge in [-0.25, -0.2) is 4.98 Å². The normalized spacial score (nSPS) is 17.8. The van der Waals surface area contributed by atoms with Crippen molar-refractivity contribution < 1.29 is 9.53 Å². The van der Waals surface area contributed by atoms with Gasteiger partial charge in [-0.3, -0.25) is 4.79 Å². The van der Waals surface area contributed by atoms with Crippen molar-refractivity contribution in [2.45, 2.75) is 13.1 Å². The Morgan fingerprint density at radius 1 is 1.55 bits per heavy atom. The maximum atomic E-state index is 12.7. The maximum absolute atomic E-state index is 12.7. The van der Waals surface area contributed by atoms with Crippen LogP contribution in [0.15, 0.2) is 41.9 Å². The summed E-state index contributed by atoms with van der Waals surface area (Å²) >= 11 is 1.54. The summed E-state index contributed by atoms with van der Waals surface area (Å²) in [7, 11) is 0. The Bertz CT molecular complexity index is 636. The van der Waals surface area contributed by atoms with Crippen molar-refractivity contribution in [2.75, 3.05) is 19.8 Å². The third-order valence-corrected chi connectivity index (χ3v) is 4.40. The third-order valence-electron chi connectivity index (χ3n) is 3.71. The van der Waals surface area contributed by atoms with Gasteiger partial charge in [-0.05, 0) is 11.4 Å². The van der Waals surface area contributed by atoms with E-state index in [1.54, 1.807) is 12.3 Å². The molecule has 3 rings (SSSR count). The lowest BCUT2D eigenvalue weighted by Gasteiger charge is -2.23. The summed E-state index contributed by atoms with van der Waals surface area (Å²) in [4.78, 5) is 18.9. The Morgan fingerprint density at radius 2 is 2.45 bits per heavy atom. The average molecular weight is 317 g/mol. The predicted octanol–water partition coefficient (Wildman–Crippen LogP) is 2.42. The SMILES string of the molecule is C=CCOCC1CN(C(=O)c2ccsc2)Cc2nccn2C1. The first-order valence-corrected chi connectivity index (χ1v) is 8.22. The van der Waals surface area contributed by atoms with Gasteiger partial charge >= 0.3 is 0 Å². The summed E-state index contributed by atoms with van der Waals surface area (Å²) in [5.74, 6) is 1.24. The van der Waals surface area contributed by atoms with Gasteiger partial charge in [0, 0.05) is 36.8 Å². The minimum atomic E-state index is 0.0615. The monoisotopic (exact) mass is 317 g/mol. The maximum Gasteiger partial charge on any atom is 0.255 e. The quantitative estimate of drug-likeness (QED) is 0.628. The smallest absolute Gasteiger partial charge is 0.255 e. The predicted molar refractivity (Wildman–Crippen MR) is 85.8 cm³/mol. The summed E-state index contributed by atoms with van der Waals surface area (Å²) in [6, 6.07) is 1.87. The Kier molecular flexibility index (Phi) is 4.70. The molecule has 0 aliphatic carbocycles. The third kappa shape index (κ3) is 3.28. The van der Waals surface area contributed by atoms with Crippen molar-refractivity contribution in [3.05, 3.63) is 53.3 Å². The number of rotatable bonds is 5. The van der Waals surface area contributed by atoms with Gasteiger partial charge in [-0.15, -0.1) is 6.58 Å². The lowest BCUT2D eigenvalue weighted by atomic mass is 10.1. The van der Waals surface area contributed by atoms with E-state index in [0.717, 1.165) is 17.9 Å². The second kappa shape index (κ2) is 6.89. The van der Waals surface area contributed by atoms with Crippen molar-refractivity contribution in [3.8, 4) is 0 Å². The molecule has 0 spiro atoms. The van der Waals surface area contributed by atoms with Crippen LogP contribution in [0.1, 0.15) is 16.2 Å². The fraction of sp³-hybridized carbons (Fsp3) is 0.375. The number of hydrogen-bond acceptors (Lipinski definition) is 4. The minimum Gasteiger partial charge on any atom is -0.377 e. The van der Waals surface area contributed by atoms with E-state index in [2.05, 4.69) is 16.1 Å². The van der Waals surface area contributed by atoms with Crippen molar-refractivity contribution in [2.24, 2.45) is 5.92 Å². The summed E-state index contributed by atoms with van der Waals surface area (Å²) in [6.45, 7) is 6.84. The van der Waals surface area contributed by atoms with Gasteiger partial charge in [-0.1, -0.05) is 6.08 Å². The molecule has 2 aromatic heterocycles. The largest absolute Gasteiger partial charge is 0.377 e. The van der Waals surface area contributed by atoms with Gasteiger partial charge in [0.15, 0.2) is 0 Å². The average Bonchev–Trinajstić information content (AvgIpc) is 3.16. The number of fused-ring (bicyclic) bond motifs is 1. The number of amides is 1. The van der Waals surface area contributed by atoms with Crippen LogP contribution in [0.25, 0.3) is 0 Å². The zero-order chi connectivity index (χ0) is 15.4. The van der Waals surface area contributed by atoms with E-state index < -0.39 is 0 Å². The number of thiophene rings is 1. The molecule has 0 fully saturated rings. The van der Waals surface area contributed by atoms with Crippen LogP contribution in [-0.2, 0) is 17.8 Å². The molecule has 0 aromatic carbocycles. The first-order valence-electron chi connectivity index (χ1n) is 7.28. The Hall–Kier alpha value is -1.92. The van der Waals surface area contributed by atoms with Crippen molar-refractivity contribution >= 4 is 17.2 Å². The molecule has 0 bridgehead atoms. The fourth-order valence-electron chi connectivity index (χ4n) is 2.69. The molecular formula is C16H19N3O2S. The van der Waals surface area contributed by atoms with Gasteiger partial charge in [0.1, 0.15) is 5.82 Å². The van der Waals surface area contributed by atoms with Gasteiger partial charge in [-0.2, -0.15) is 11.3 Å². The molecule has 3 heterocycles. The topological polar surface area (TPSA) is 47.4 Å². The van der Waals surface area contributed by atoms with Crippen molar-refractivity contribution in [1.82, 2.24) is 14.5 Å². The molecule has 1 aliphatic rings. The molecule has 2 aromatic rings. The zero-order valence-corrected chi connectivity index (χ0v) is 13.2. The van der Waals surface area contributed by atoms with E-state index in [1.807, 2.05) is 27.9 Å². The van der Waals surface area contributed by atoms with E-state index >= 15 is 0 Å². The molecule has 1 atom stereocenters. The standard InChI is InChI=1S/C16H19N3O2S/c1-2-6-21-11-13-8-18-5-4-17-15(18)10-19(9-13)16(20)14-3-7-22-12-14/h2-5,7,12-13H,1,6,8-11H2. The second-order valence-corrected chi connectivity index (χ2v) is 6.17. The van der Waals surface area contributed by atoms with Gasteiger partial charge in [0.2, 0.25) is 0 Å². The second-order valence-electron chi connectivity index (χ2n) is 5.39. The van der Waals surface area contributed by atoms with E-state index in [9.17, 15) is 4.79 Å². The van der Waals surface area contributed by atoms with Crippen LogP contribution < -0.4 is 0 Å². The minimum absolute atomic E-state index is 0.0615. The zero-order valence-electron chi connectivity index (χ0n) is 12.4. The van der Waals surface area contributed by atoms with Crippen LogP contribution in [-0.4, -0.2) is 40.1 Å². The highest BCUT2D eigenvalue weighted by Crippen LogP contribution is 2.19. The fourth-order valence-corrected chi connectivity index (χ4v) is 3.32. The van der Waals surface area contributed by atoms with Crippen LogP contribution >= 0.6 is 11.3 Å².